The third kappa shape index (κ3) is 3.69. The van der Waals surface area contributed by atoms with E-state index in [0.717, 1.165) is 13.1 Å². The first-order chi connectivity index (χ1) is 8.55. The van der Waals surface area contributed by atoms with Crippen molar-refractivity contribution in [1.82, 2.24) is 5.32 Å². The van der Waals surface area contributed by atoms with Crippen LogP contribution in [0.3, 0.4) is 0 Å². The summed E-state index contributed by atoms with van der Waals surface area (Å²) in [6, 6.07) is 6.44. The van der Waals surface area contributed by atoms with Crippen LogP contribution in [0.5, 0.6) is 5.75 Å². The van der Waals surface area contributed by atoms with E-state index in [1.807, 2.05) is 0 Å². The fraction of sp³-hybridized carbons (Fsp3) is 0.500. The minimum absolute atomic E-state index is 0.0448. The van der Waals surface area contributed by atoms with Crippen molar-refractivity contribution in [2.75, 3.05) is 32.6 Å². The monoisotopic (exact) mass is 271 g/mol. The molecule has 1 aromatic rings. The molecule has 1 aromatic carbocycles. The molecule has 1 atom stereocenters. The minimum atomic E-state index is -3.15. The molecule has 100 valence electrons. The summed E-state index contributed by atoms with van der Waals surface area (Å²) >= 11 is 0. The zero-order valence-corrected chi connectivity index (χ0v) is 11.1. The van der Waals surface area contributed by atoms with Gasteiger partial charge in [-0.1, -0.05) is 0 Å². The summed E-state index contributed by atoms with van der Waals surface area (Å²) in [4.78, 5) is 0.296. The van der Waals surface area contributed by atoms with Crippen LogP contribution >= 0.6 is 0 Å². The number of rotatable bonds is 3. The molecule has 0 aliphatic carbocycles. The van der Waals surface area contributed by atoms with Gasteiger partial charge in [0.05, 0.1) is 18.1 Å². The van der Waals surface area contributed by atoms with E-state index in [9.17, 15) is 8.42 Å². The van der Waals surface area contributed by atoms with Gasteiger partial charge in [-0.05, 0) is 24.3 Å². The van der Waals surface area contributed by atoms with E-state index in [1.54, 1.807) is 24.3 Å². The summed E-state index contributed by atoms with van der Waals surface area (Å²) in [7, 11) is -3.15. The molecule has 1 heterocycles. The third-order valence-corrected chi connectivity index (χ3v) is 3.78. The molecule has 18 heavy (non-hydrogen) atoms. The van der Waals surface area contributed by atoms with E-state index >= 15 is 0 Å². The van der Waals surface area contributed by atoms with Crippen molar-refractivity contribution in [3.63, 3.8) is 0 Å². The third-order valence-electron chi connectivity index (χ3n) is 2.65. The fourth-order valence-corrected chi connectivity index (χ4v) is 2.35. The van der Waals surface area contributed by atoms with Crippen LogP contribution in [0, 0.1) is 0 Å². The van der Waals surface area contributed by atoms with Crippen LogP contribution in [0.4, 0.5) is 0 Å². The van der Waals surface area contributed by atoms with Gasteiger partial charge in [0.25, 0.3) is 0 Å². The minimum Gasteiger partial charge on any atom is -0.487 e. The molecule has 6 heteroatoms. The van der Waals surface area contributed by atoms with Crippen LogP contribution < -0.4 is 10.1 Å². The molecular formula is C12H17NO4S. The highest BCUT2D eigenvalue weighted by Gasteiger charge is 2.14. The number of nitrogens with one attached hydrogen (secondary N) is 1. The van der Waals surface area contributed by atoms with E-state index in [-0.39, 0.29) is 6.10 Å². The van der Waals surface area contributed by atoms with Crippen LogP contribution in [-0.2, 0) is 14.6 Å². The maximum Gasteiger partial charge on any atom is 0.175 e. The Hall–Kier alpha value is -1.11. The van der Waals surface area contributed by atoms with Crippen molar-refractivity contribution >= 4 is 9.84 Å². The first kappa shape index (κ1) is 13.3. The Morgan fingerprint density at radius 3 is 2.72 bits per heavy atom. The highest BCUT2D eigenvalue weighted by molar-refractivity contribution is 7.90. The van der Waals surface area contributed by atoms with E-state index in [4.69, 9.17) is 9.47 Å². The summed E-state index contributed by atoms with van der Waals surface area (Å²) in [5.41, 5.74) is 0. The average Bonchev–Trinajstić information content (AvgIpc) is 2.57. The van der Waals surface area contributed by atoms with Crippen molar-refractivity contribution in [3.05, 3.63) is 24.3 Å². The van der Waals surface area contributed by atoms with Gasteiger partial charge in [-0.15, -0.1) is 0 Å². The average molecular weight is 271 g/mol. The largest absolute Gasteiger partial charge is 0.487 e. The SMILES string of the molecule is CS(=O)(=O)c1ccc(OC2CNCCOC2)cc1. The van der Waals surface area contributed by atoms with Crippen LogP contribution in [-0.4, -0.2) is 47.1 Å². The van der Waals surface area contributed by atoms with Crippen LogP contribution in [0.1, 0.15) is 0 Å². The predicted octanol–water partition coefficient (Wildman–Crippen LogP) is 0.457. The molecule has 1 saturated heterocycles. The van der Waals surface area contributed by atoms with E-state index in [2.05, 4.69) is 5.32 Å². The molecular weight excluding hydrogens is 254 g/mol. The lowest BCUT2D eigenvalue weighted by atomic mass is 10.3. The molecule has 2 rings (SSSR count). The molecule has 0 spiro atoms. The summed E-state index contributed by atoms with van der Waals surface area (Å²) in [6.45, 7) is 2.79. The number of ether oxygens (including phenoxy) is 2. The van der Waals surface area contributed by atoms with Crippen LogP contribution in [0.2, 0.25) is 0 Å². The summed E-state index contributed by atoms with van der Waals surface area (Å²) in [5, 5.41) is 3.21. The zero-order chi connectivity index (χ0) is 13.0. The van der Waals surface area contributed by atoms with Gasteiger partial charge in [0, 0.05) is 19.3 Å². The molecule has 1 fully saturated rings. The number of sulfone groups is 1. The predicted molar refractivity (Wildman–Crippen MR) is 67.7 cm³/mol. The lowest BCUT2D eigenvalue weighted by Gasteiger charge is -2.16. The van der Waals surface area contributed by atoms with Crippen molar-refractivity contribution < 1.29 is 17.9 Å². The second-order valence-electron chi connectivity index (χ2n) is 4.26. The topological polar surface area (TPSA) is 64.6 Å². The van der Waals surface area contributed by atoms with Crippen molar-refractivity contribution in [2.24, 2.45) is 0 Å². The van der Waals surface area contributed by atoms with Crippen molar-refractivity contribution in [1.29, 1.82) is 0 Å². The molecule has 0 aromatic heterocycles. The van der Waals surface area contributed by atoms with Gasteiger partial charge < -0.3 is 14.8 Å². The van der Waals surface area contributed by atoms with Crippen LogP contribution in [0.15, 0.2) is 29.2 Å². The normalized spacial score (nSPS) is 21.3. The highest BCUT2D eigenvalue weighted by Crippen LogP contribution is 2.17. The van der Waals surface area contributed by atoms with Crippen molar-refractivity contribution in [3.8, 4) is 5.75 Å². The quantitative estimate of drug-likeness (QED) is 0.865. The van der Waals surface area contributed by atoms with Gasteiger partial charge in [0.1, 0.15) is 11.9 Å². The molecule has 1 aliphatic rings. The summed E-state index contributed by atoms with van der Waals surface area (Å²) < 4.78 is 33.7. The molecule has 0 saturated carbocycles. The lowest BCUT2D eigenvalue weighted by molar-refractivity contribution is 0.0728. The van der Waals surface area contributed by atoms with Gasteiger partial charge in [-0.25, -0.2) is 8.42 Å². The molecule has 5 nitrogen and oxygen atoms in total. The zero-order valence-electron chi connectivity index (χ0n) is 10.3. The standard InChI is InChI=1S/C12H17NO4S/c1-18(14,15)12-4-2-10(3-5-12)17-11-8-13-6-7-16-9-11/h2-5,11,13H,6-9H2,1H3. The van der Waals surface area contributed by atoms with Gasteiger partial charge >= 0.3 is 0 Å². The Balaban J connectivity index is 2.01. The molecule has 0 bridgehead atoms. The fourth-order valence-electron chi connectivity index (χ4n) is 1.71. The molecule has 0 radical (unpaired) electrons. The summed E-state index contributed by atoms with van der Waals surface area (Å²) in [5.74, 6) is 0.653. The Bertz CT molecular complexity index is 475. The molecule has 1 N–H and O–H groups in total. The molecule has 1 unspecified atom stereocenters. The Kier molecular flexibility index (Phi) is 4.21. The van der Waals surface area contributed by atoms with Gasteiger partial charge in [0.2, 0.25) is 0 Å². The summed E-state index contributed by atoms with van der Waals surface area (Å²) in [6.07, 6.45) is 1.14. The second-order valence-corrected chi connectivity index (χ2v) is 6.28. The Morgan fingerprint density at radius 1 is 1.33 bits per heavy atom. The maximum absolute atomic E-state index is 11.3. The van der Waals surface area contributed by atoms with E-state index in [0.29, 0.717) is 23.9 Å². The molecule has 1 aliphatic heterocycles. The van der Waals surface area contributed by atoms with E-state index < -0.39 is 9.84 Å². The van der Waals surface area contributed by atoms with Gasteiger partial charge in [0.15, 0.2) is 9.84 Å². The van der Waals surface area contributed by atoms with Gasteiger partial charge in [-0.3, -0.25) is 0 Å². The Morgan fingerprint density at radius 2 is 2.06 bits per heavy atom. The highest BCUT2D eigenvalue weighted by atomic mass is 32.2. The first-order valence-corrected chi connectivity index (χ1v) is 7.70. The number of benzene rings is 1. The first-order valence-electron chi connectivity index (χ1n) is 5.81. The number of hydrogen-bond donors (Lipinski definition) is 1. The number of hydrogen-bond acceptors (Lipinski definition) is 5. The molecule has 0 amide bonds. The van der Waals surface area contributed by atoms with E-state index in [1.165, 1.54) is 6.26 Å². The van der Waals surface area contributed by atoms with Crippen molar-refractivity contribution in [2.45, 2.75) is 11.0 Å². The Labute approximate surface area is 107 Å². The lowest BCUT2D eigenvalue weighted by Crippen LogP contribution is -2.32. The smallest absolute Gasteiger partial charge is 0.175 e. The maximum atomic E-state index is 11.3. The second kappa shape index (κ2) is 5.69. The van der Waals surface area contributed by atoms with Gasteiger partial charge in [-0.2, -0.15) is 0 Å². The van der Waals surface area contributed by atoms with Crippen LogP contribution in [0.25, 0.3) is 0 Å².